The summed E-state index contributed by atoms with van der Waals surface area (Å²) in [5.74, 6) is -0.515. The van der Waals surface area contributed by atoms with Crippen LogP contribution in [0.5, 0.6) is 0 Å². The quantitative estimate of drug-likeness (QED) is 0.608. The Morgan fingerprint density at radius 2 is 2.19 bits per heavy atom. The third-order valence-electron chi connectivity index (χ3n) is 1.63. The van der Waals surface area contributed by atoms with Crippen LogP contribution in [0.3, 0.4) is 0 Å². The largest absolute Gasteiger partial charge is 0.591 e. The van der Waals surface area contributed by atoms with Gasteiger partial charge in [-0.1, -0.05) is 16.0 Å². The second kappa shape index (κ2) is 5.12. The van der Waals surface area contributed by atoms with Gasteiger partial charge in [-0.3, -0.25) is 4.98 Å². The minimum atomic E-state index is -1.37. The molecule has 0 spiro atoms. The maximum atomic E-state index is 12.7. The van der Waals surface area contributed by atoms with Gasteiger partial charge in [0.05, 0.1) is 11.2 Å². The first-order chi connectivity index (χ1) is 7.30. The summed E-state index contributed by atoms with van der Waals surface area (Å²) < 4.78 is 27.7. The summed E-state index contributed by atoms with van der Waals surface area (Å²) in [6.07, 6.45) is 2.33. The Kier molecular flexibility index (Phi) is 4.29. The monoisotopic (exact) mass is 262 g/mol. The van der Waals surface area contributed by atoms with Gasteiger partial charge in [0, 0.05) is 0 Å². The Morgan fingerprint density at radius 1 is 1.56 bits per heavy atom. The summed E-state index contributed by atoms with van der Waals surface area (Å²) in [6.45, 7) is 5.42. The number of aromatic nitrogens is 1. The Balaban J connectivity index is 2.85. The van der Waals surface area contributed by atoms with Crippen molar-refractivity contribution in [3.05, 3.63) is 28.8 Å². The first kappa shape index (κ1) is 13.4. The Bertz CT molecular complexity index is 406. The Hall–Kier alpha value is -0.650. The van der Waals surface area contributed by atoms with Gasteiger partial charge in [0.25, 0.3) is 0 Å². The van der Waals surface area contributed by atoms with Gasteiger partial charge in [0.15, 0.2) is 0 Å². The first-order valence-electron chi connectivity index (χ1n) is 4.58. The van der Waals surface area contributed by atoms with Crippen molar-refractivity contribution in [1.29, 1.82) is 0 Å². The molecular weight excluding hydrogens is 251 g/mol. The number of pyridine rings is 1. The van der Waals surface area contributed by atoms with Crippen LogP contribution in [0.4, 0.5) is 4.39 Å². The molecular formula is C10H12ClFN2OS. The fraction of sp³-hybridized carbons (Fsp3) is 0.400. The van der Waals surface area contributed by atoms with E-state index in [0.717, 1.165) is 12.3 Å². The zero-order valence-corrected chi connectivity index (χ0v) is 10.8. The topological polar surface area (TPSA) is 48.3 Å². The standard InChI is InChI=1S/C10H12ClFN2OS/c1-10(2,3)16(15)14-6-9-8(11)4-7(12)5-13-9/h4-6H,1-3H3/b14-6+. The number of rotatable bonds is 2. The summed E-state index contributed by atoms with van der Waals surface area (Å²) in [7, 11) is 0. The van der Waals surface area contributed by atoms with Crippen LogP contribution in [0, 0.1) is 5.82 Å². The molecule has 0 N–H and O–H groups in total. The highest BCUT2D eigenvalue weighted by atomic mass is 35.5. The SMILES string of the molecule is CC(C)(C)[S+]([O-])/N=C/c1ncc(F)cc1Cl. The predicted octanol–water partition coefficient (Wildman–Crippen LogP) is 2.76. The van der Waals surface area contributed by atoms with Gasteiger partial charge < -0.3 is 4.55 Å². The highest BCUT2D eigenvalue weighted by molar-refractivity contribution is 7.91. The molecule has 3 nitrogen and oxygen atoms in total. The molecule has 0 aliphatic heterocycles. The lowest BCUT2D eigenvalue weighted by Crippen LogP contribution is -2.25. The molecule has 0 radical (unpaired) electrons. The van der Waals surface area contributed by atoms with Crippen LogP contribution >= 0.6 is 11.6 Å². The smallest absolute Gasteiger partial charge is 0.144 e. The number of halogens is 2. The zero-order valence-electron chi connectivity index (χ0n) is 9.20. The first-order valence-corrected chi connectivity index (χ1v) is 6.06. The van der Waals surface area contributed by atoms with Gasteiger partial charge in [-0.05, 0) is 26.8 Å². The van der Waals surface area contributed by atoms with Crippen LogP contribution < -0.4 is 0 Å². The molecule has 0 bridgehead atoms. The van der Waals surface area contributed by atoms with Crippen molar-refractivity contribution in [3.63, 3.8) is 0 Å². The van der Waals surface area contributed by atoms with Gasteiger partial charge in [0.1, 0.15) is 33.8 Å². The average Bonchev–Trinajstić information content (AvgIpc) is 2.14. The van der Waals surface area contributed by atoms with E-state index in [9.17, 15) is 8.94 Å². The summed E-state index contributed by atoms with van der Waals surface area (Å²) in [6, 6.07) is 1.13. The van der Waals surface area contributed by atoms with Gasteiger partial charge in [0.2, 0.25) is 0 Å². The molecule has 1 unspecified atom stereocenters. The van der Waals surface area contributed by atoms with Crippen molar-refractivity contribution in [2.24, 2.45) is 4.40 Å². The minimum absolute atomic E-state index is 0.148. The van der Waals surface area contributed by atoms with Crippen molar-refractivity contribution < 1.29 is 8.94 Å². The number of nitrogens with zero attached hydrogens (tertiary/aromatic N) is 2. The normalized spacial score (nSPS) is 14.4. The van der Waals surface area contributed by atoms with E-state index in [-0.39, 0.29) is 5.02 Å². The Labute approximate surface area is 102 Å². The van der Waals surface area contributed by atoms with Crippen LogP contribution in [0.2, 0.25) is 5.02 Å². The Morgan fingerprint density at radius 3 is 2.69 bits per heavy atom. The average molecular weight is 263 g/mol. The fourth-order valence-electron chi connectivity index (χ4n) is 0.776. The van der Waals surface area contributed by atoms with E-state index in [4.69, 9.17) is 11.6 Å². The summed E-state index contributed by atoms with van der Waals surface area (Å²) >= 11 is 4.36. The van der Waals surface area contributed by atoms with Crippen LogP contribution in [0.1, 0.15) is 26.5 Å². The second-order valence-corrected chi connectivity index (χ2v) is 6.46. The molecule has 0 amide bonds. The molecule has 1 atom stereocenters. The lowest BCUT2D eigenvalue weighted by atomic mass is 10.3. The van der Waals surface area contributed by atoms with E-state index >= 15 is 0 Å². The number of hydrogen-bond donors (Lipinski definition) is 0. The molecule has 6 heteroatoms. The van der Waals surface area contributed by atoms with E-state index in [1.54, 1.807) is 20.8 Å². The van der Waals surface area contributed by atoms with E-state index in [1.807, 2.05) is 0 Å². The van der Waals surface area contributed by atoms with Crippen LogP contribution in [-0.4, -0.2) is 20.5 Å². The molecule has 0 saturated carbocycles. The molecule has 1 rings (SSSR count). The van der Waals surface area contributed by atoms with Gasteiger partial charge in [-0.2, -0.15) is 0 Å². The molecule has 0 aliphatic rings. The molecule has 1 aromatic heterocycles. The van der Waals surface area contributed by atoms with Crippen molar-refractivity contribution in [3.8, 4) is 0 Å². The van der Waals surface area contributed by atoms with E-state index in [1.165, 1.54) is 6.21 Å². The molecule has 0 aromatic carbocycles. The maximum absolute atomic E-state index is 12.7. The zero-order chi connectivity index (χ0) is 12.3. The lowest BCUT2D eigenvalue weighted by molar-refractivity contribution is 0.562. The molecule has 0 saturated heterocycles. The molecule has 88 valence electrons. The molecule has 0 fully saturated rings. The van der Waals surface area contributed by atoms with Crippen molar-refractivity contribution in [2.45, 2.75) is 25.5 Å². The van der Waals surface area contributed by atoms with Crippen LogP contribution in [0.25, 0.3) is 0 Å². The third kappa shape index (κ3) is 3.73. The molecule has 1 aromatic rings. The third-order valence-corrected chi connectivity index (χ3v) is 3.28. The highest BCUT2D eigenvalue weighted by Crippen LogP contribution is 2.18. The van der Waals surface area contributed by atoms with Crippen LogP contribution in [-0.2, 0) is 11.4 Å². The minimum Gasteiger partial charge on any atom is -0.591 e. The van der Waals surface area contributed by atoms with Gasteiger partial charge in [-0.15, -0.1) is 0 Å². The molecule has 1 heterocycles. The van der Waals surface area contributed by atoms with Gasteiger partial charge in [-0.25, -0.2) is 4.39 Å². The van der Waals surface area contributed by atoms with E-state index in [2.05, 4.69) is 9.38 Å². The van der Waals surface area contributed by atoms with Crippen LogP contribution in [0.15, 0.2) is 16.7 Å². The van der Waals surface area contributed by atoms with Crippen molar-refractivity contribution in [2.75, 3.05) is 0 Å². The summed E-state index contributed by atoms with van der Waals surface area (Å²) in [4.78, 5) is 3.74. The van der Waals surface area contributed by atoms with Crippen molar-refractivity contribution in [1.82, 2.24) is 4.98 Å². The predicted molar refractivity (Wildman–Crippen MR) is 64.7 cm³/mol. The second-order valence-electron chi connectivity index (χ2n) is 4.12. The fourth-order valence-corrected chi connectivity index (χ4v) is 1.49. The van der Waals surface area contributed by atoms with E-state index < -0.39 is 21.9 Å². The summed E-state index contributed by atoms with van der Waals surface area (Å²) in [5.41, 5.74) is 0.306. The molecule has 16 heavy (non-hydrogen) atoms. The lowest BCUT2D eigenvalue weighted by Gasteiger charge is -2.17. The summed E-state index contributed by atoms with van der Waals surface area (Å²) in [5, 5.41) is 0.148. The number of hydrogen-bond acceptors (Lipinski definition) is 3. The van der Waals surface area contributed by atoms with Gasteiger partial charge >= 0.3 is 0 Å². The van der Waals surface area contributed by atoms with Crippen molar-refractivity contribution >= 4 is 29.2 Å². The highest BCUT2D eigenvalue weighted by Gasteiger charge is 2.25. The molecule has 0 aliphatic carbocycles. The maximum Gasteiger partial charge on any atom is 0.144 e. The van der Waals surface area contributed by atoms with E-state index in [0.29, 0.717) is 5.69 Å².